The van der Waals surface area contributed by atoms with E-state index >= 15 is 0 Å². The van der Waals surface area contributed by atoms with Gasteiger partial charge in [-0.1, -0.05) is 24.3 Å². The normalized spacial score (nSPS) is 11.6. The van der Waals surface area contributed by atoms with E-state index in [1.165, 1.54) is 11.0 Å². The molecule has 0 spiro atoms. The number of rotatable bonds is 8. The van der Waals surface area contributed by atoms with Crippen molar-refractivity contribution in [1.29, 1.82) is 0 Å². The molecule has 2 aromatic carbocycles. The molecule has 0 aromatic heterocycles. The Morgan fingerprint density at radius 3 is 2.63 bits per heavy atom. The van der Waals surface area contributed by atoms with Gasteiger partial charge in [-0.05, 0) is 18.2 Å². The van der Waals surface area contributed by atoms with Crippen molar-refractivity contribution in [3.05, 3.63) is 59.9 Å². The van der Waals surface area contributed by atoms with Gasteiger partial charge in [-0.15, -0.1) is 0 Å². The molecule has 6 nitrogen and oxygen atoms in total. The van der Waals surface area contributed by atoms with Crippen molar-refractivity contribution in [3.63, 3.8) is 0 Å². The first kappa shape index (κ1) is 20.4. The van der Waals surface area contributed by atoms with Crippen LogP contribution in [0.1, 0.15) is 5.56 Å². The number of carbonyl (C=O) groups is 2. The van der Waals surface area contributed by atoms with E-state index in [0.29, 0.717) is 23.5 Å². The average molecular weight is 374 g/mol. The van der Waals surface area contributed by atoms with Gasteiger partial charge in [0.15, 0.2) is 6.54 Å². The highest BCUT2D eigenvalue weighted by Crippen LogP contribution is 2.16. The fraction of sp³-hybridized carbons (Fsp3) is 0.300. The lowest BCUT2D eigenvalue weighted by Crippen LogP contribution is -3.08. The van der Waals surface area contributed by atoms with E-state index in [1.807, 2.05) is 7.05 Å². The number of halogens is 1. The summed E-state index contributed by atoms with van der Waals surface area (Å²) < 4.78 is 18.8. The summed E-state index contributed by atoms with van der Waals surface area (Å²) in [5.74, 6) is -0.138. The Labute approximate surface area is 158 Å². The van der Waals surface area contributed by atoms with Crippen LogP contribution in [0.25, 0.3) is 0 Å². The molecule has 0 heterocycles. The monoisotopic (exact) mass is 374 g/mol. The number of hydrogen-bond acceptors (Lipinski definition) is 3. The summed E-state index contributed by atoms with van der Waals surface area (Å²) in [4.78, 5) is 26.7. The molecule has 0 aliphatic heterocycles. The Morgan fingerprint density at radius 2 is 1.93 bits per heavy atom. The van der Waals surface area contributed by atoms with E-state index < -0.39 is 0 Å². The van der Waals surface area contributed by atoms with Crippen LogP contribution in [0.2, 0.25) is 0 Å². The third-order valence-corrected chi connectivity index (χ3v) is 4.06. The number of methoxy groups -OCH3 is 1. The summed E-state index contributed by atoms with van der Waals surface area (Å²) in [6.45, 7) is 0.489. The highest BCUT2D eigenvalue weighted by atomic mass is 19.1. The van der Waals surface area contributed by atoms with E-state index in [-0.39, 0.29) is 30.7 Å². The molecule has 2 rings (SSSR count). The summed E-state index contributed by atoms with van der Waals surface area (Å²) >= 11 is 0. The molecule has 0 bridgehead atoms. The Balaban J connectivity index is 1.83. The fourth-order valence-electron chi connectivity index (χ4n) is 2.63. The third-order valence-electron chi connectivity index (χ3n) is 4.06. The molecule has 7 heteroatoms. The maximum Gasteiger partial charge on any atom is 0.277 e. The van der Waals surface area contributed by atoms with E-state index in [9.17, 15) is 14.0 Å². The molecule has 0 fully saturated rings. The van der Waals surface area contributed by atoms with Crippen LogP contribution in [-0.2, 0) is 16.1 Å². The maximum absolute atomic E-state index is 13.7. The number of nitrogens with one attached hydrogen (secondary N) is 2. The van der Waals surface area contributed by atoms with Crippen molar-refractivity contribution in [2.24, 2.45) is 0 Å². The lowest BCUT2D eigenvalue weighted by atomic mass is 10.2. The number of benzene rings is 2. The maximum atomic E-state index is 13.7. The minimum Gasteiger partial charge on any atom is -0.497 e. The van der Waals surface area contributed by atoms with Crippen LogP contribution in [0.3, 0.4) is 0 Å². The van der Waals surface area contributed by atoms with Gasteiger partial charge in [0.25, 0.3) is 5.91 Å². The second-order valence-corrected chi connectivity index (χ2v) is 6.43. The van der Waals surface area contributed by atoms with Gasteiger partial charge in [0.2, 0.25) is 5.91 Å². The highest BCUT2D eigenvalue weighted by molar-refractivity contribution is 5.94. The second kappa shape index (κ2) is 9.68. The highest BCUT2D eigenvalue weighted by Gasteiger charge is 2.18. The molecular weight excluding hydrogens is 349 g/mol. The molecule has 27 heavy (non-hydrogen) atoms. The number of hydrogen-bond donors (Lipinski definition) is 2. The fourth-order valence-corrected chi connectivity index (χ4v) is 2.63. The molecule has 1 atom stereocenters. The van der Waals surface area contributed by atoms with Gasteiger partial charge in [0.1, 0.15) is 18.1 Å². The van der Waals surface area contributed by atoms with E-state index in [2.05, 4.69) is 5.32 Å². The Hall–Kier alpha value is -2.93. The van der Waals surface area contributed by atoms with Gasteiger partial charge in [0, 0.05) is 24.4 Å². The molecule has 0 aliphatic rings. The van der Waals surface area contributed by atoms with Crippen LogP contribution in [-0.4, -0.2) is 51.0 Å². The van der Waals surface area contributed by atoms with Crippen LogP contribution < -0.4 is 15.0 Å². The average Bonchev–Trinajstić information content (AvgIpc) is 2.63. The van der Waals surface area contributed by atoms with Gasteiger partial charge >= 0.3 is 0 Å². The van der Waals surface area contributed by atoms with E-state index in [4.69, 9.17) is 4.74 Å². The first-order valence-corrected chi connectivity index (χ1v) is 8.61. The zero-order valence-electron chi connectivity index (χ0n) is 15.8. The minimum absolute atomic E-state index is 0.0664. The first-order chi connectivity index (χ1) is 12.9. The van der Waals surface area contributed by atoms with Gasteiger partial charge < -0.3 is 19.9 Å². The van der Waals surface area contributed by atoms with E-state index in [0.717, 1.165) is 4.90 Å². The largest absolute Gasteiger partial charge is 0.497 e. The van der Waals surface area contributed by atoms with Gasteiger partial charge in [0.05, 0.1) is 20.7 Å². The predicted octanol–water partition coefficient (Wildman–Crippen LogP) is 0.946. The van der Waals surface area contributed by atoms with Crippen LogP contribution >= 0.6 is 0 Å². The lowest BCUT2D eigenvalue weighted by Gasteiger charge is -2.20. The standard InChI is InChI=1S/C20H24FN3O3/c1-23(12-15-7-4-5-10-18(15)21)14-20(26)24(2)13-19(25)22-16-8-6-9-17(11-16)27-3/h4-11H,12-14H2,1-3H3,(H,22,25)/p+1. The van der Waals surface area contributed by atoms with Crippen LogP contribution in [0.4, 0.5) is 10.1 Å². The molecule has 1 unspecified atom stereocenters. The third kappa shape index (κ3) is 6.38. The predicted molar refractivity (Wildman–Crippen MR) is 101 cm³/mol. The second-order valence-electron chi connectivity index (χ2n) is 6.43. The Kier molecular flexibility index (Phi) is 7.31. The number of anilines is 1. The number of carbonyl (C=O) groups excluding carboxylic acids is 2. The zero-order chi connectivity index (χ0) is 19.8. The number of quaternary nitrogens is 1. The number of nitrogens with zero attached hydrogens (tertiary/aromatic N) is 1. The van der Waals surface area contributed by atoms with Gasteiger partial charge in [-0.2, -0.15) is 0 Å². The quantitative estimate of drug-likeness (QED) is 0.723. The molecular formula is C20H25FN3O3+. The SMILES string of the molecule is COc1cccc(NC(=O)CN(C)C(=O)C[NH+](C)Cc2ccccc2F)c1. The molecule has 0 aliphatic carbocycles. The molecule has 2 aromatic rings. The number of amides is 2. The van der Waals surface area contributed by atoms with Crippen molar-refractivity contribution in [2.75, 3.05) is 39.6 Å². The minimum atomic E-state index is -0.300. The molecule has 2 N–H and O–H groups in total. The van der Waals surface area contributed by atoms with E-state index in [1.54, 1.807) is 56.6 Å². The van der Waals surface area contributed by atoms with Crippen LogP contribution in [0.15, 0.2) is 48.5 Å². The number of ether oxygens (including phenoxy) is 1. The topological polar surface area (TPSA) is 63.1 Å². The zero-order valence-corrected chi connectivity index (χ0v) is 15.8. The summed E-state index contributed by atoms with van der Waals surface area (Å²) in [6.07, 6.45) is 0. The van der Waals surface area contributed by atoms with Crippen LogP contribution in [0.5, 0.6) is 5.75 Å². The van der Waals surface area contributed by atoms with Crippen molar-refractivity contribution < 1.29 is 23.6 Å². The van der Waals surface area contributed by atoms with Gasteiger partial charge in [-0.3, -0.25) is 9.59 Å². The van der Waals surface area contributed by atoms with Gasteiger partial charge in [-0.25, -0.2) is 4.39 Å². The number of likely N-dealkylation sites (N-methyl/N-ethyl adjacent to an activating group) is 2. The van der Waals surface area contributed by atoms with Crippen molar-refractivity contribution in [3.8, 4) is 5.75 Å². The first-order valence-electron chi connectivity index (χ1n) is 8.61. The molecule has 0 radical (unpaired) electrons. The molecule has 0 saturated carbocycles. The Bertz CT molecular complexity index is 798. The smallest absolute Gasteiger partial charge is 0.277 e. The Morgan fingerprint density at radius 1 is 1.19 bits per heavy atom. The summed E-state index contributed by atoms with van der Waals surface area (Å²) in [7, 11) is 4.94. The molecule has 0 saturated heterocycles. The van der Waals surface area contributed by atoms with Crippen LogP contribution in [0, 0.1) is 5.82 Å². The van der Waals surface area contributed by atoms with Crippen molar-refractivity contribution in [2.45, 2.75) is 6.54 Å². The summed E-state index contributed by atoms with van der Waals surface area (Å²) in [5.41, 5.74) is 1.16. The summed E-state index contributed by atoms with van der Waals surface area (Å²) in [5, 5.41) is 2.73. The van der Waals surface area contributed by atoms with Crippen molar-refractivity contribution >= 4 is 17.5 Å². The molecule has 2 amide bonds. The molecule has 144 valence electrons. The van der Waals surface area contributed by atoms with Crippen molar-refractivity contribution in [1.82, 2.24) is 4.90 Å². The lowest BCUT2D eigenvalue weighted by molar-refractivity contribution is -0.885. The summed E-state index contributed by atoms with van der Waals surface area (Å²) in [6, 6.07) is 13.5.